The molecule has 0 saturated heterocycles. The molecule has 0 aliphatic rings. The average Bonchev–Trinajstić information content (AvgIpc) is 2.32. The number of carbonyl (C=O) groups is 1. The van der Waals surface area contributed by atoms with Gasteiger partial charge in [0.2, 0.25) is 0 Å². The zero-order valence-corrected chi connectivity index (χ0v) is 11.3. The molecule has 17 heavy (non-hydrogen) atoms. The fraction of sp³-hybridized carbons (Fsp3) is 0.417. The fourth-order valence-corrected chi connectivity index (χ4v) is 2.02. The predicted molar refractivity (Wildman–Crippen MR) is 73.1 cm³/mol. The molecule has 94 valence electrons. The van der Waals surface area contributed by atoms with Gasteiger partial charge in [0, 0.05) is 11.6 Å². The van der Waals surface area contributed by atoms with Gasteiger partial charge >= 0.3 is 0 Å². The number of hydrogen-bond donors (Lipinski definition) is 2. The first-order valence-electron chi connectivity index (χ1n) is 5.41. The summed E-state index contributed by atoms with van der Waals surface area (Å²) in [6, 6.07) is 4.44. The highest BCUT2D eigenvalue weighted by molar-refractivity contribution is 7.98. The van der Waals surface area contributed by atoms with Gasteiger partial charge in [-0.1, -0.05) is 11.6 Å². The second kappa shape index (κ2) is 7.45. The number of amides is 1. The van der Waals surface area contributed by atoms with Gasteiger partial charge in [0.15, 0.2) is 0 Å². The summed E-state index contributed by atoms with van der Waals surface area (Å²) in [5, 5.41) is 12.7. The molecule has 0 aliphatic heterocycles. The molecule has 1 aromatic rings. The highest BCUT2D eigenvalue weighted by atomic mass is 35.5. The number of hydrogen-bond acceptors (Lipinski definition) is 3. The van der Waals surface area contributed by atoms with Crippen molar-refractivity contribution in [1.29, 1.82) is 0 Å². The van der Waals surface area contributed by atoms with Crippen LogP contribution in [0.3, 0.4) is 0 Å². The minimum absolute atomic E-state index is 0.0454. The summed E-state index contributed by atoms with van der Waals surface area (Å²) in [4.78, 5) is 11.7. The first-order chi connectivity index (χ1) is 8.15. The van der Waals surface area contributed by atoms with Crippen molar-refractivity contribution in [2.45, 2.75) is 12.8 Å². The van der Waals surface area contributed by atoms with E-state index in [1.165, 1.54) is 12.1 Å². The van der Waals surface area contributed by atoms with Gasteiger partial charge in [-0.2, -0.15) is 11.8 Å². The highest BCUT2D eigenvalue weighted by Gasteiger charge is 2.10. The third-order valence-electron chi connectivity index (χ3n) is 2.26. The zero-order valence-electron chi connectivity index (χ0n) is 9.70. The van der Waals surface area contributed by atoms with Crippen LogP contribution in [0.15, 0.2) is 18.2 Å². The van der Waals surface area contributed by atoms with Crippen LogP contribution in [-0.2, 0) is 0 Å². The molecule has 0 bridgehead atoms. The van der Waals surface area contributed by atoms with E-state index < -0.39 is 0 Å². The van der Waals surface area contributed by atoms with E-state index in [9.17, 15) is 9.90 Å². The van der Waals surface area contributed by atoms with Gasteiger partial charge in [0.25, 0.3) is 5.91 Å². The largest absolute Gasteiger partial charge is 0.507 e. The number of carbonyl (C=O) groups excluding carboxylic acids is 1. The Hall–Kier alpha value is -0.870. The number of nitrogens with one attached hydrogen (secondary N) is 1. The summed E-state index contributed by atoms with van der Waals surface area (Å²) >= 11 is 7.56. The maximum Gasteiger partial charge on any atom is 0.255 e. The molecule has 0 aromatic heterocycles. The minimum Gasteiger partial charge on any atom is -0.507 e. The summed E-state index contributed by atoms with van der Waals surface area (Å²) in [6.45, 7) is 0.616. The topological polar surface area (TPSA) is 49.3 Å². The first kappa shape index (κ1) is 14.2. The molecular weight excluding hydrogens is 258 g/mol. The summed E-state index contributed by atoms with van der Waals surface area (Å²) in [5.74, 6) is 0.767. The van der Waals surface area contributed by atoms with Gasteiger partial charge in [0.05, 0.1) is 5.56 Å². The SMILES string of the molecule is CSCCCCNC(=O)c1cc(Cl)ccc1O. The van der Waals surface area contributed by atoms with Crippen molar-refractivity contribution in [3.63, 3.8) is 0 Å². The van der Waals surface area contributed by atoms with E-state index in [-0.39, 0.29) is 17.2 Å². The molecule has 0 unspecified atom stereocenters. The van der Waals surface area contributed by atoms with Crippen molar-refractivity contribution in [1.82, 2.24) is 5.32 Å². The summed E-state index contributed by atoms with van der Waals surface area (Å²) in [6.07, 6.45) is 4.07. The number of benzene rings is 1. The predicted octanol–water partition coefficient (Wildman–Crippen LogP) is 2.92. The molecule has 3 nitrogen and oxygen atoms in total. The quantitative estimate of drug-likeness (QED) is 0.784. The van der Waals surface area contributed by atoms with Crippen LogP contribution >= 0.6 is 23.4 Å². The molecule has 1 amide bonds. The van der Waals surface area contributed by atoms with Gasteiger partial charge in [0.1, 0.15) is 5.75 Å². The van der Waals surface area contributed by atoms with Gasteiger partial charge in [-0.3, -0.25) is 4.79 Å². The Morgan fingerprint density at radius 3 is 2.94 bits per heavy atom. The van der Waals surface area contributed by atoms with E-state index in [4.69, 9.17) is 11.6 Å². The van der Waals surface area contributed by atoms with Crippen LogP contribution in [0.2, 0.25) is 5.02 Å². The van der Waals surface area contributed by atoms with Crippen molar-refractivity contribution in [3.05, 3.63) is 28.8 Å². The third kappa shape index (κ3) is 4.88. The Morgan fingerprint density at radius 2 is 2.24 bits per heavy atom. The van der Waals surface area contributed by atoms with E-state index >= 15 is 0 Å². The lowest BCUT2D eigenvalue weighted by Crippen LogP contribution is -2.24. The van der Waals surface area contributed by atoms with Crippen molar-refractivity contribution in [2.24, 2.45) is 0 Å². The van der Waals surface area contributed by atoms with E-state index in [0.29, 0.717) is 11.6 Å². The molecule has 2 N–H and O–H groups in total. The van der Waals surface area contributed by atoms with E-state index in [1.807, 2.05) is 0 Å². The Balaban J connectivity index is 2.44. The maximum absolute atomic E-state index is 11.7. The molecule has 0 heterocycles. The molecule has 0 aliphatic carbocycles. The Bertz CT molecular complexity index is 385. The lowest BCUT2D eigenvalue weighted by molar-refractivity contribution is 0.0950. The number of unbranched alkanes of at least 4 members (excludes halogenated alkanes) is 1. The molecule has 0 saturated carbocycles. The molecule has 0 fully saturated rings. The summed E-state index contributed by atoms with van der Waals surface area (Å²) < 4.78 is 0. The fourth-order valence-electron chi connectivity index (χ4n) is 1.36. The number of rotatable bonds is 6. The van der Waals surface area contributed by atoms with Crippen LogP contribution in [0, 0.1) is 0 Å². The molecule has 0 spiro atoms. The van der Waals surface area contributed by atoms with Crippen LogP contribution < -0.4 is 5.32 Å². The molecular formula is C12H16ClNO2S. The number of halogens is 1. The molecule has 1 rings (SSSR count). The van der Waals surface area contributed by atoms with Gasteiger partial charge in [-0.25, -0.2) is 0 Å². The monoisotopic (exact) mass is 273 g/mol. The third-order valence-corrected chi connectivity index (χ3v) is 3.20. The minimum atomic E-state index is -0.283. The number of phenols is 1. The first-order valence-corrected chi connectivity index (χ1v) is 7.18. The molecule has 1 aromatic carbocycles. The maximum atomic E-state index is 11.7. The number of phenolic OH excluding ortho intramolecular Hbond substituents is 1. The normalized spacial score (nSPS) is 10.2. The smallest absolute Gasteiger partial charge is 0.255 e. The van der Waals surface area contributed by atoms with E-state index in [0.717, 1.165) is 18.6 Å². The molecule has 0 atom stereocenters. The van der Waals surface area contributed by atoms with Gasteiger partial charge in [-0.15, -0.1) is 0 Å². The lowest BCUT2D eigenvalue weighted by atomic mass is 10.2. The second-order valence-electron chi connectivity index (χ2n) is 3.62. The van der Waals surface area contributed by atoms with Gasteiger partial charge < -0.3 is 10.4 Å². The van der Waals surface area contributed by atoms with Gasteiger partial charge in [-0.05, 0) is 43.0 Å². The van der Waals surface area contributed by atoms with Crippen molar-refractivity contribution in [3.8, 4) is 5.75 Å². The van der Waals surface area contributed by atoms with Crippen LogP contribution in [0.1, 0.15) is 23.2 Å². The van der Waals surface area contributed by atoms with Crippen LogP contribution in [0.25, 0.3) is 0 Å². The van der Waals surface area contributed by atoms with Crippen molar-refractivity contribution in [2.75, 3.05) is 18.6 Å². The number of aromatic hydroxyl groups is 1. The highest BCUT2D eigenvalue weighted by Crippen LogP contribution is 2.21. The zero-order chi connectivity index (χ0) is 12.7. The average molecular weight is 274 g/mol. The standard InChI is InChI=1S/C12H16ClNO2S/c1-17-7-3-2-6-14-12(16)10-8-9(13)4-5-11(10)15/h4-5,8,15H,2-3,6-7H2,1H3,(H,14,16). The summed E-state index contributed by atoms with van der Waals surface area (Å²) in [5.41, 5.74) is 0.224. The van der Waals surface area contributed by atoms with E-state index in [1.54, 1.807) is 17.8 Å². The van der Waals surface area contributed by atoms with E-state index in [2.05, 4.69) is 11.6 Å². The van der Waals surface area contributed by atoms with Crippen LogP contribution in [-0.4, -0.2) is 29.6 Å². The van der Waals surface area contributed by atoms with Crippen molar-refractivity contribution < 1.29 is 9.90 Å². The van der Waals surface area contributed by atoms with Crippen LogP contribution in [0.4, 0.5) is 0 Å². The lowest BCUT2D eigenvalue weighted by Gasteiger charge is -2.06. The Morgan fingerprint density at radius 1 is 1.47 bits per heavy atom. The summed E-state index contributed by atoms with van der Waals surface area (Å²) in [7, 11) is 0. The Labute approximate surface area is 111 Å². The molecule has 5 heteroatoms. The van der Waals surface area contributed by atoms with Crippen molar-refractivity contribution >= 4 is 29.3 Å². The van der Waals surface area contributed by atoms with Crippen LogP contribution in [0.5, 0.6) is 5.75 Å². The second-order valence-corrected chi connectivity index (χ2v) is 5.04. The molecule has 0 radical (unpaired) electrons. The Kier molecular flexibility index (Phi) is 6.22. The number of thioether (sulfide) groups is 1.